The zero-order valence-corrected chi connectivity index (χ0v) is 18.5. The van der Waals surface area contributed by atoms with Crippen molar-refractivity contribution in [3.8, 4) is 17.2 Å². The molecule has 4 aromatic rings. The molecule has 0 amide bonds. The van der Waals surface area contributed by atoms with Crippen molar-refractivity contribution < 1.29 is 28.5 Å². The molecule has 2 N–H and O–H groups in total. The van der Waals surface area contributed by atoms with Crippen molar-refractivity contribution in [2.45, 2.75) is 19.6 Å². The second kappa shape index (κ2) is 9.07. The fourth-order valence-corrected chi connectivity index (χ4v) is 4.27. The summed E-state index contributed by atoms with van der Waals surface area (Å²) in [6.07, 6.45) is 0. The van der Waals surface area contributed by atoms with E-state index in [1.165, 1.54) is 12.1 Å². The van der Waals surface area contributed by atoms with Crippen LogP contribution in [-0.2, 0) is 19.6 Å². The molecule has 8 heteroatoms. The van der Waals surface area contributed by atoms with Crippen LogP contribution < -0.4 is 19.5 Å². The van der Waals surface area contributed by atoms with Crippen molar-refractivity contribution >= 4 is 16.9 Å². The minimum atomic E-state index is -1.03. The molecule has 0 saturated carbocycles. The van der Waals surface area contributed by atoms with E-state index in [1.807, 2.05) is 36.4 Å². The highest BCUT2D eigenvalue weighted by atomic mass is 19.1. The Balaban J connectivity index is 1.49. The molecule has 0 radical (unpaired) electrons. The number of benzene rings is 3. The van der Waals surface area contributed by atoms with Crippen LogP contribution in [0.15, 0.2) is 60.7 Å². The van der Waals surface area contributed by atoms with Crippen molar-refractivity contribution in [2.75, 3.05) is 13.9 Å². The monoisotopic (exact) mass is 462 g/mol. The third-order valence-corrected chi connectivity index (χ3v) is 5.90. The second-order valence-electron chi connectivity index (χ2n) is 8.02. The van der Waals surface area contributed by atoms with Gasteiger partial charge in [-0.2, -0.15) is 0 Å². The number of methoxy groups -OCH3 is 1. The third-order valence-electron chi connectivity index (χ3n) is 5.90. The van der Waals surface area contributed by atoms with E-state index in [-0.39, 0.29) is 24.8 Å². The van der Waals surface area contributed by atoms with E-state index in [0.29, 0.717) is 30.2 Å². The Morgan fingerprint density at radius 2 is 1.79 bits per heavy atom. The number of carboxylic acid groups (broad SMARTS) is 1. The van der Waals surface area contributed by atoms with Gasteiger partial charge in [0.1, 0.15) is 17.3 Å². The van der Waals surface area contributed by atoms with Crippen molar-refractivity contribution in [2.24, 2.45) is 0 Å². The fraction of sp³-hybridized carbons (Fsp3) is 0.192. The minimum absolute atomic E-state index is 0.186. The molecule has 2 heterocycles. The number of carboxylic acids is 1. The van der Waals surface area contributed by atoms with Crippen LogP contribution in [0.3, 0.4) is 0 Å². The van der Waals surface area contributed by atoms with Crippen LogP contribution >= 0.6 is 0 Å². The van der Waals surface area contributed by atoms with Gasteiger partial charge in [0.2, 0.25) is 6.79 Å². The zero-order valence-electron chi connectivity index (χ0n) is 18.5. The van der Waals surface area contributed by atoms with E-state index < -0.39 is 5.97 Å². The number of hydrogen-bond acceptors (Lipinski definition) is 5. The molecule has 1 aliphatic rings. The highest BCUT2D eigenvalue weighted by molar-refractivity contribution is 5.98. The first-order valence-electron chi connectivity index (χ1n) is 10.8. The molecule has 0 spiro atoms. The van der Waals surface area contributed by atoms with Crippen LogP contribution in [0, 0.1) is 5.82 Å². The molecule has 3 aromatic carbocycles. The maximum absolute atomic E-state index is 13.4. The molecule has 0 fully saturated rings. The number of halogens is 1. The van der Waals surface area contributed by atoms with Crippen LogP contribution in [0.5, 0.6) is 17.2 Å². The molecule has 0 aliphatic carbocycles. The lowest BCUT2D eigenvalue weighted by atomic mass is 10.1. The van der Waals surface area contributed by atoms with E-state index in [9.17, 15) is 14.3 Å². The van der Waals surface area contributed by atoms with Gasteiger partial charge in [0.15, 0.2) is 11.5 Å². The molecule has 1 aliphatic heterocycles. The SMILES string of the molecule is COc1ccc2c(CNCc3ccc4c(c3)OCO4)c(C(=O)O)n(Cc3ccc(F)cc3)c2c1. The van der Waals surface area contributed by atoms with Crippen LogP contribution in [0.4, 0.5) is 4.39 Å². The largest absolute Gasteiger partial charge is 0.497 e. The second-order valence-corrected chi connectivity index (χ2v) is 8.02. The standard InChI is InChI=1S/C26H23FN2O5/c1-32-19-7-8-20-21(13-28-12-17-4-9-23-24(10-17)34-15-33-23)25(26(30)31)29(22(20)11-19)14-16-2-5-18(27)6-3-16/h2-11,28H,12-15H2,1H3,(H,30,31). The number of fused-ring (bicyclic) bond motifs is 2. The topological polar surface area (TPSA) is 81.9 Å². The van der Waals surface area contributed by atoms with Gasteiger partial charge in [-0.3, -0.25) is 0 Å². The highest BCUT2D eigenvalue weighted by Crippen LogP contribution is 2.33. The predicted octanol–water partition coefficient (Wildman–Crippen LogP) is 4.55. The van der Waals surface area contributed by atoms with Gasteiger partial charge in [0, 0.05) is 36.7 Å². The van der Waals surface area contributed by atoms with Gasteiger partial charge in [-0.1, -0.05) is 18.2 Å². The van der Waals surface area contributed by atoms with Crippen LogP contribution in [0.2, 0.25) is 0 Å². The smallest absolute Gasteiger partial charge is 0.352 e. The molecule has 34 heavy (non-hydrogen) atoms. The molecule has 0 unspecified atom stereocenters. The highest BCUT2D eigenvalue weighted by Gasteiger charge is 2.23. The number of carbonyl (C=O) groups is 1. The van der Waals surface area contributed by atoms with Crippen LogP contribution in [0.1, 0.15) is 27.2 Å². The number of ether oxygens (including phenoxy) is 3. The molecule has 7 nitrogen and oxygen atoms in total. The molecule has 0 saturated heterocycles. The predicted molar refractivity (Wildman–Crippen MR) is 124 cm³/mol. The summed E-state index contributed by atoms with van der Waals surface area (Å²) in [6, 6.07) is 17.3. The van der Waals surface area contributed by atoms with Crippen molar-refractivity contribution in [3.63, 3.8) is 0 Å². The molecule has 0 bridgehead atoms. The molecule has 1 aromatic heterocycles. The molecular formula is C26H23FN2O5. The Morgan fingerprint density at radius 1 is 1.03 bits per heavy atom. The van der Waals surface area contributed by atoms with E-state index in [0.717, 1.165) is 27.8 Å². The number of nitrogens with one attached hydrogen (secondary N) is 1. The average molecular weight is 462 g/mol. The summed E-state index contributed by atoms with van der Waals surface area (Å²) in [5.41, 5.74) is 3.39. The van der Waals surface area contributed by atoms with Crippen LogP contribution in [-0.4, -0.2) is 29.5 Å². The van der Waals surface area contributed by atoms with Gasteiger partial charge in [-0.15, -0.1) is 0 Å². The van der Waals surface area contributed by atoms with Gasteiger partial charge in [0.25, 0.3) is 0 Å². The molecular weight excluding hydrogens is 439 g/mol. The Hall–Kier alpha value is -4.04. The first-order chi connectivity index (χ1) is 16.5. The average Bonchev–Trinajstić information content (AvgIpc) is 3.42. The van der Waals surface area contributed by atoms with Gasteiger partial charge in [0.05, 0.1) is 12.6 Å². The van der Waals surface area contributed by atoms with Gasteiger partial charge in [-0.05, 0) is 47.5 Å². The van der Waals surface area contributed by atoms with E-state index >= 15 is 0 Å². The summed E-state index contributed by atoms with van der Waals surface area (Å²) in [7, 11) is 1.57. The lowest BCUT2D eigenvalue weighted by Crippen LogP contribution is -2.17. The Bertz CT molecular complexity index is 1360. The quantitative estimate of drug-likeness (QED) is 0.400. The molecule has 5 rings (SSSR count). The van der Waals surface area contributed by atoms with Crippen molar-refractivity contribution in [1.82, 2.24) is 9.88 Å². The number of aromatic carboxylic acids is 1. The van der Waals surface area contributed by atoms with Crippen molar-refractivity contribution in [1.29, 1.82) is 0 Å². The first-order valence-corrected chi connectivity index (χ1v) is 10.8. The summed E-state index contributed by atoms with van der Waals surface area (Å²) in [6.45, 7) is 1.37. The number of hydrogen-bond donors (Lipinski definition) is 2. The summed E-state index contributed by atoms with van der Waals surface area (Å²) in [4.78, 5) is 12.4. The maximum atomic E-state index is 13.4. The number of nitrogens with zero attached hydrogens (tertiary/aromatic N) is 1. The summed E-state index contributed by atoms with van der Waals surface area (Å²) >= 11 is 0. The Kier molecular flexibility index (Phi) is 5.81. The summed E-state index contributed by atoms with van der Waals surface area (Å²) < 4.78 is 31.3. The summed E-state index contributed by atoms with van der Waals surface area (Å²) in [5, 5.41) is 14.3. The lowest BCUT2D eigenvalue weighted by molar-refractivity contribution is 0.0684. The van der Waals surface area contributed by atoms with E-state index in [1.54, 1.807) is 23.8 Å². The molecule has 174 valence electrons. The zero-order chi connectivity index (χ0) is 23.7. The summed E-state index contributed by atoms with van der Waals surface area (Å²) in [5.74, 6) is 0.678. The Morgan fingerprint density at radius 3 is 2.56 bits per heavy atom. The third kappa shape index (κ3) is 4.15. The Labute approximate surface area is 195 Å². The van der Waals surface area contributed by atoms with Gasteiger partial charge < -0.3 is 29.2 Å². The fourth-order valence-electron chi connectivity index (χ4n) is 4.27. The number of rotatable bonds is 8. The van der Waals surface area contributed by atoms with E-state index in [2.05, 4.69) is 5.32 Å². The normalized spacial score (nSPS) is 12.3. The minimum Gasteiger partial charge on any atom is -0.497 e. The number of aromatic nitrogens is 1. The van der Waals surface area contributed by atoms with Gasteiger partial charge in [-0.25, -0.2) is 9.18 Å². The lowest BCUT2D eigenvalue weighted by Gasteiger charge is -2.10. The van der Waals surface area contributed by atoms with E-state index in [4.69, 9.17) is 14.2 Å². The maximum Gasteiger partial charge on any atom is 0.352 e. The molecule has 0 atom stereocenters. The van der Waals surface area contributed by atoms with Gasteiger partial charge >= 0.3 is 5.97 Å². The van der Waals surface area contributed by atoms with Crippen molar-refractivity contribution in [3.05, 3.63) is 88.9 Å². The first kappa shape index (κ1) is 21.8. The van der Waals surface area contributed by atoms with Crippen LogP contribution in [0.25, 0.3) is 10.9 Å².